The second-order valence-corrected chi connectivity index (χ2v) is 4.39. The summed E-state index contributed by atoms with van der Waals surface area (Å²) in [5.74, 6) is -1.66. The number of amides is 2. The third-order valence-corrected chi connectivity index (χ3v) is 2.55. The first-order chi connectivity index (χ1) is 8.32. The molecule has 0 fully saturated rings. The fourth-order valence-electron chi connectivity index (χ4n) is 1.40. The number of nitrogens with two attached hydrogens (primary N) is 2. The van der Waals surface area contributed by atoms with Crippen LogP contribution in [0.25, 0.3) is 0 Å². The first kappa shape index (κ1) is 16.4. The summed E-state index contributed by atoms with van der Waals surface area (Å²) in [4.78, 5) is 32.3. The first-order valence-electron chi connectivity index (χ1n) is 5.86. The molecule has 0 spiro atoms. The van der Waals surface area contributed by atoms with Crippen LogP contribution in [0.2, 0.25) is 0 Å². The molecule has 0 aromatic carbocycles. The first-order valence-corrected chi connectivity index (χ1v) is 5.86. The molecule has 7 heteroatoms. The highest BCUT2D eigenvalue weighted by Gasteiger charge is 2.15. The molecule has 7 nitrogen and oxygen atoms in total. The molecule has 2 atom stereocenters. The molecule has 0 aliphatic rings. The van der Waals surface area contributed by atoms with Gasteiger partial charge < -0.3 is 21.9 Å². The van der Waals surface area contributed by atoms with Crippen LogP contribution in [0, 0.1) is 5.92 Å². The fraction of sp³-hybridized carbons (Fsp3) is 0.727. The second kappa shape index (κ2) is 8.46. The Hall–Kier alpha value is -1.63. The smallest absolute Gasteiger partial charge is 0.303 e. The average molecular weight is 259 g/mol. The normalized spacial score (nSPS) is 13.7. The number of aliphatic carboxylic acids is 1. The van der Waals surface area contributed by atoms with Crippen molar-refractivity contribution in [3.8, 4) is 0 Å². The monoisotopic (exact) mass is 259 g/mol. The molecule has 0 radical (unpaired) electrons. The predicted molar refractivity (Wildman–Crippen MR) is 65.4 cm³/mol. The van der Waals surface area contributed by atoms with E-state index >= 15 is 0 Å². The zero-order chi connectivity index (χ0) is 14.1. The van der Waals surface area contributed by atoms with Crippen molar-refractivity contribution in [2.75, 3.05) is 6.54 Å². The molecule has 18 heavy (non-hydrogen) atoms. The van der Waals surface area contributed by atoms with Crippen molar-refractivity contribution in [2.45, 2.75) is 38.6 Å². The summed E-state index contributed by atoms with van der Waals surface area (Å²) >= 11 is 0. The van der Waals surface area contributed by atoms with Crippen LogP contribution in [0.1, 0.15) is 32.6 Å². The van der Waals surface area contributed by atoms with Crippen molar-refractivity contribution in [3.05, 3.63) is 0 Å². The van der Waals surface area contributed by atoms with Crippen LogP contribution in [-0.2, 0) is 14.4 Å². The largest absolute Gasteiger partial charge is 0.481 e. The van der Waals surface area contributed by atoms with Crippen molar-refractivity contribution in [1.29, 1.82) is 0 Å². The van der Waals surface area contributed by atoms with Gasteiger partial charge in [-0.15, -0.1) is 0 Å². The van der Waals surface area contributed by atoms with Gasteiger partial charge >= 0.3 is 5.97 Å². The lowest BCUT2D eigenvalue weighted by molar-refractivity contribution is -0.137. The van der Waals surface area contributed by atoms with Gasteiger partial charge in [-0.3, -0.25) is 14.4 Å². The van der Waals surface area contributed by atoms with Crippen molar-refractivity contribution in [1.82, 2.24) is 5.32 Å². The van der Waals surface area contributed by atoms with E-state index in [1.165, 1.54) is 0 Å². The molecule has 2 unspecified atom stereocenters. The third-order valence-electron chi connectivity index (χ3n) is 2.55. The van der Waals surface area contributed by atoms with Crippen LogP contribution in [0.4, 0.5) is 0 Å². The van der Waals surface area contributed by atoms with E-state index in [2.05, 4.69) is 5.32 Å². The minimum Gasteiger partial charge on any atom is -0.481 e. The van der Waals surface area contributed by atoms with Gasteiger partial charge in [-0.05, 0) is 18.8 Å². The number of carboxylic acids is 1. The highest BCUT2D eigenvalue weighted by molar-refractivity contribution is 5.87. The van der Waals surface area contributed by atoms with E-state index in [-0.39, 0.29) is 18.8 Å². The van der Waals surface area contributed by atoms with Gasteiger partial charge in [0.05, 0.1) is 12.5 Å². The Labute approximate surface area is 106 Å². The number of hydrogen-bond acceptors (Lipinski definition) is 4. The minimum atomic E-state index is -0.920. The summed E-state index contributed by atoms with van der Waals surface area (Å²) in [6.07, 6.45) is 1.18. The molecule has 0 aromatic heterocycles. The summed E-state index contributed by atoms with van der Waals surface area (Å²) in [5.41, 5.74) is 10.4. The SMILES string of the molecule is CC(CCNC(=O)C(N)CC(N)=O)CCC(=O)O. The van der Waals surface area contributed by atoms with Crippen LogP contribution >= 0.6 is 0 Å². The number of carbonyl (C=O) groups is 3. The summed E-state index contributed by atoms with van der Waals surface area (Å²) in [5, 5.41) is 11.1. The van der Waals surface area contributed by atoms with Crippen LogP contribution < -0.4 is 16.8 Å². The third kappa shape index (κ3) is 8.51. The summed E-state index contributed by atoms with van der Waals surface area (Å²) in [7, 11) is 0. The average Bonchev–Trinajstić information content (AvgIpc) is 2.25. The van der Waals surface area contributed by atoms with E-state index in [4.69, 9.17) is 16.6 Å². The Morgan fingerprint density at radius 2 is 1.89 bits per heavy atom. The molecule has 0 heterocycles. The molecule has 6 N–H and O–H groups in total. The van der Waals surface area contributed by atoms with Crippen molar-refractivity contribution in [3.63, 3.8) is 0 Å². The molecular weight excluding hydrogens is 238 g/mol. The lowest BCUT2D eigenvalue weighted by atomic mass is 10.0. The van der Waals surface area contributed by atoms with Crippen LogP contribution in [0.3, 0.4) is 0 Å². The van der Waals surface area contributed by atoms with Gasteiger partial charge in [0.2, 0.25) is 11.8 Å². The van der Waals surface area contributed by atoms with Crippen molar-refractivity contribution >= 4 is 17.8 Å². The Balaban J connectivity index is 3.73. The molecule has 0 saturated heterocycles. The van der Waals surface area contributed by atoms with Gasteiger partial charge in [-0.25, -0.2) is 0 Å². The molecule has 0 aliphatic carbocycles. The Bertz CT molecular complexity index is 307. The van der Waals surface area contributed by atoms with Gasteiger partial charge in [0.15, 0.2) is 0 Å². The Kier molecular flexibility index (Phi) is 7.69. The summed E-state index contributed by atoms with van der Waals surface area (Å²) in [6, 6.07) is -0.920. The standard InChI is InChI=1S/C11H21N3O4/c1-7(2-3-10(16)17)4-5-14-11(18)8(12)6-9(13)15/h7-8H,2-6,12H2,1H3,(H2,13,15)(H,14,18)(H,16,17). The topological polar surface area (TPSA) is 136 Å². The summed E-state index contributed by atoms with van der Waals surface area (Å²) in [6.45, 7) is 2.32. The fourth-order valence-corrected chi connectivity index (χ4v) is 1.40. The molecular formula is C11H21N3O4. The highest BCUT2D eigenvalue weighted by Crippen LogP contribution is 2.09. The molecule has 0 rings (SSSR count). The van der Waals surface area contributed by atoms with Gasteiger partial charge in [-0.1, -0.05) is 6.92 Å². The van der Waals surface area contributed by atoms with Gasteiger partial charge in [0.1, 0.15) is 0 Å². The van der Waals surface area contributed by atoms with Crippen molar-refractivity contribution < 1.29 is 19.5 Å². The summed E-state index contributed by atoms with van der Waals surface area (Å²) < 4.78 is 0. The van der Waals surface area contributed by atoms with E-state index in [9.17, 15) is 14.4 Å². The molecule has 0 aromatic rings. The highest BCUT2D eigenvalue weighted by atomic mass is 16.4. The van der Waals surface area contributed by atoms with Gasteiger partial charge in [0.25, 0.3) is 0 Å². The van der Waals surface area contributed by atoms with Crippen molar-refractivity contribution in [2.24, 2.45) is 17.4 Å². The molecule has 0 bridgehead atoms. The Morgan fingerprint density at radius 1 is 1.28 bits per heavy atom. The molecule has 0 aliphatic heterocycles. The number of nitrogens with one attached hydrogen (secondary N) is 1. The predicted octanol–water partition coefficient (Wildman–Crippen LogP) is -0.804. The van der Waals surface area contributed by atoms with Gasteiger partial charge in [-0.2, -0.15) is 0 Å². The zero-order valence-corrected chi connectivity index (χ0v) is 10.5. The number of rotatable bonds is 9. The quantitative estimate of drug-likeness (QED) is 0.429. The maximum Gasteiger partial charge on any atom is 0.303 e. The van der Waals surface area contributed by atoms with Gasteiger partial charge in [0, 0.05) is 13.0 Å². The van der Waals surface area contributed by atoms with E-state index in [0.717, 1.165) is 0 Å². The van der Waals surface area contributed by atoms with Crippen LogP contribution in [0.15, 0.2) is 0 Å². The Morgan fingerprint density at radius 3 is 2.39 bits per heavy atom. The number of carbonyl (C=O) groups excluding carboxylic acids is 2. The second-order valence-electron chi connectivity index (χ2n) is 4.39. The maximum atomic E-state index is 11.4. The number of hydrogen-bond donors (Lipinski definition) is 4. The van der Waals surface area contributed by atoms with Crippen LogP contribution in [0.5, 0.6) is 0 Å². The minimum absolute atomic E-state index is 0.121. The van der Waals surface area contributed by atoms with E-state index in [0.29, 0.717) is 19.4 Å². The number of primary amides is 1. The van der Waals surface area contributed by atoms with E-state index in [1.807, 2.05) is 6.92 Å². The zero-order valence-electron chi connectivity index (χ0n) is 10.5. The lowest BCUT2D eigenvalue weighted by Gasteiger charge is -2.13. The molecule has 2 amide bonds. The number of carboxylic acid groups (broad SMARTS) is 1. The van der Waals surface area contributed by atoms with Crippen LogP contribution in [-0.4, -0.2) is 35.5 Å². The molecule has 0 saturated carbocycles. The molecule has 104 valence electrons. The van der Waals surface area contributed by atoms with E-state index < -0.39 is 23.8 Å². The van der Waals surface area contributed by atoms with E-state index in [1.54, 1.807) is 0 Å². The lowest BCUT2D eigenvalue weighted by Crippen LogP contribution is -2.43. The maximum absolute atomic E-state index is 11.4.